The first-order valence-corrected chi connectivity index (χ1v) is 9.57. The molecular formula is C19H17F2NO6S. The molecule has 0 saturated heterocycles. The third kappa shape index (κ3) is 6.17. The van der Waals surface area contributed by atoms with Crippen LogP contribution in [0.3, 0.4) is 0 Å². The molecule has 0 unspecified atom stereocenters. The van der Waals surface area contributed by atoms with Crippen LogP contribution in [-0.4, -0.2) is 34.7 Å². The predicted molar refractivity (Wildman–Crippen MR) is 99.2 cm³/mol. The maximum absolute atomic E-state index is 12.3. The Morgan fingerprint density at radius 2 is 1.86 bits per heavy atom. The minimum Gasteiger partial charge on any atom is -0.493 e. The third-order valence-electron chi connectivity index (χ3n) is 3.58. The van der Waals surface area contributed by atoms with Gasteiger partial charge >= 0.3 is 12.6 Å². The molecule has 0 amide bonds. The summed E-state index contributed by atoms with van der Waals surface area (Å²) in [5.41, 5.74) is 0.611. The van der Waals surface area contributed by atoms with Crippen LogP contribution >= 0.6 is 0 Å². The molecule has 0 spiro atoms. The number of terminal acetylenes is 1. The van der Waals surface area contributed by atoms with Crippen LogP contribution in [-0.2, 0) is 21.4 Å². The molecule has 1 N–H and O–H groups in total. The van der Waals surface area contributed by atoms with Crippen LogP contribution < -0.4 is 14.2 Å². The van der Waals surface area contributed by atoms with Gasteiger partial charge < -0.3 is 14.2 Å². The van der Waals surface area contributed by atoms with Gasteiger partial charge in [-0.05, 0) is 42.0 Å². The lowest BCUT2D eigenvalue weighted by Crippen LogP contribution is -2.23. The Kier molecular flexibility index (Phi) is 7.52. The number of nitrogens with one attached hydrogen (secondary N) is 1. The van der Waals surface area contributed by atoms with Crippen molar-refractivity contribution >= 4 is 16.0 Å². The Labute approximate surface area is 166 Å². The third-order valence-corrected chi connectivity index (χ3v) is 5.00. The lowest BCUT2D eigenvalue weighted by molar-refractivity contribution is -0.0512. The van der Waals surface area contributed by atoms with E-state index in [4.69, 9.17) is 15.9 Å². The van der Waals surface area contributed by atoms with E-state index in [0.29, 0.717) is 5.56 Å². The summed E-state index contributed by atoms with van der Waals surface area (Å²) in [6.45, 7) is -3.31. The molecule has 154 valence electrons. The molecule has 0 saturated carbocycles. The largest absolute Gasteiger partial charge is 0.493 e. The van der Waals surface area contributed by atoms with Crippen molar-refractivity contribution in [3.63, 3.8) is 0 Å². The minimum absolute atomic E-state index is 0.0522. The second-order valence-corrected chi connectivity index (χ2v) is 7.26. The van der Waals surface area contributed by atoms with Crippen molar-refractivity contribution in [2.24, 2.45) is 0 Å². The van der Waals surface area contributed by atoms with Gasteiger partial charge in [-0.1, -0.05) is 12.0 Å². The van der Waals surface area contributed by atoms with Gasteiger partial charge in [0.2, 0.25) is 10.0 Å². The zero-order chi connectivity index (χ0) is 21.4. The molecule has 0 bridgehead atoms. The minimum atomic E-state index is -3.76. The molecule has 0 aliphatic rings. The molecule has 29 heavy (non-hydrogen) atoms. The highest BCUT2D eigenvalue weighted by molar-refractivity contribution is 7.89. The van der Waals surface area contributed by atoms with Gasteiger partial charge in [-0.15, -0.1) is 6.42 Å². The topological polar surface area (TPSA) is 90.9 Å². The summed E-state index contributed by atoms with van der Waals surface area (Å²) < 4.78 is 65.2. The SMILES string of the molecule is C#CCNS(=O)(=O)c1ccc(C(=O)OCc2ccc(OC(F)F)c(OC)c2)cc1. The molecule has 2 aromatic rings. The average Bonchev–Trinajstić information content (AvgIpc) is 2.71. The van der Waals surface area contributed by atoms with Gasteiger partial charge in [0, 0.05) is 0 Å². The number of esters is 1. The van der Waals surface area contributed by atoms with Gasteiger partial charge in [-0.25, -0.2) is 13.2 Å². The van der Waals surface area contributed by atoms with Crippen molar-refractivity contribution in [1.82, 2.24) is 4.72 Å². The molecule has 0 heterocycles. The van der Waals surface area contributed by atoms with Gasteiger partial charge in [0.05, 0.1) is 24.1 Å². The van der Waals surface area contributed by atoms with Crippen molar-refractivity contribution in [3.8, 4) is 23.8 Å². The summed E-state index contributed by atoms with van der Waals surface area (Å²) in [7, 11) is -2.48. The van der Waals surface area contributed by atoms with E-state index in [1.54, 1.807) is 0 Å². The second-order valence-electron chi connectivity index (χ2n) is 5.49. The van der Waals surface area contributed by atoms with E-state index in [1.807, 2.05) is 0 Å². The fourth-order valence-electron chi connectivity index (χ4n) is 2.22. The van der Waals surface area contributed by atoms with Crippen LogP contribution in [0.1, 0.15) is 15.9 Å². The van der Waals surface area contributed by atoms with Crippen LogP contribution in [0.15, 0.2) is 47.4 Å². The zero-order valence-electron chi connectivity index (χ0n) is 15.2. The van der Waals surface area contributed by atoms with Crippen LogP contribution in [0.2, 0.25) is 0 Å². The number of hydrogen-bond acceptors (Lipinski definition) is 6. The van der Waals surface area contributed by atoms with Gasteiger partial charge in [0.25, 0.3) is 0 Å². The number of carbonyl (C=O) groups is 1. The van der Waals surface area contributed by atoms with E-state index >= 15 is 0 Å². The first-order chi connectivity index (χ1) is 13.8. The Morgan fingerprint density at radius 3 is 2.45 bits per heavy atom. The maximum Gasteiger partial charge on any atom is 0.387 e. The highest BCUT2D eigenvalue weighted by Crippen LogP contribution is 2.29. The normalized spacial score (nSPS) is 11.0. The maximum atomic E-state index is 12.3. The summed E-state index contributed by atoms with van der Waals surface area (Å²) in [6.07, 6.45) is 5.02. The fraction of sp³-hybridized carbons (Fsp3) is 0.211. The number of methoxy groups -OCH3 is 1. The molecule has 2 aromatic carbocycles. The van der Waals surface area contributed by atoms with E-state index in [-0.39, 0.29) is 35.1 Å². The molecule has 0 radical (unpaired) electrons. The van der Waals surface area contributed by atoms with Crippen LogP contribution in [0.4, 0.5) is 8.78 Å². The Morgan fingerprint density at radius 1 is 1.17 bits per heavy atom. The first kappa shape index (κ1) is 22.1. The van der Waals surface area contributed by atoms with E-state index in [2.05, 4.69) is 15.4 Å². The van der Waals surface area contributed by atoms with Gasteiger partial charge in [-0.2, -0.15) is 13.5 Å². The number of benzene rings is 2. The molecule has 0 fully saturated rings. The lowest BCUT2D eigenvalue weighted by Gasteiger charge is -2.12. The second kappa shape index (κ2) is 9.86. The van der Waals surface area contributed by atoms with E-state index in [1.165, 1.54) is 49.6 Å². The number of hydrogen-bond donors (Lipinski definition) is 1. The van der Waals surface area contributed by atoms with Gasteiger partial charge in [0.1, 0.15) is 6.61 Å². The predicted octanol–water partition coefficient (Wildman–Crippen LogP) is 2.57. The molecule has 7 nitrogen and oxygen atoms in total. The Hall–Kier alpha value is -3.16. The molecule has 0 atom stereocenters. The highest BCUT2D eigenvalue weighted by atomic mass is 32.2. The fourth-order valence-corrected chi connectivity index (χ4v) is 3.15. The van der Waals surface area contributed by atoms with Crippen molar-refractivity contribution < 1.29 is 36.2 Å². The molecule has 10 heteroatoms. The smallest absolute Gasteiger partial charge is 0.387 e. The molecule has 0 aromatic heterocycles. The van der Waals surface area contributed by atoms with Crippen LogP contribution in [0.5, 0.6) is 11.5 Å². The molecule has 2 rings (SSSR count). The first-order valence-electron chi connectivity index (χ1n) is 8.09. The van der Waals surface area contributed by atoms with E-state index in [0.717, 1.165) is 0 Å². The van der Waals surface area contributed by atoms with E-state index in [9.17, 15) is 22.0 Å². The monoisotopic (exact) mass is 425 g/mol. The summed E-state index contributed by atoms with van der Waals surface area (Å²) >= 11 is 0. The summed E-state index contributed by atoms with van der Waals surface area (Å²) in [5.74, 6) is 1.38. The number of rotatable bonds is 9. The van der Waals surface area contributed by atoms with Crippen LogP contribution in [0.25, 0.3) is 0 Å². The van der Waals surface area contributed by atoms with Crippen LogP contribution in [0, 0.1) is 12.3 Å². The number of sulfonamides is 1. The van der Waals surface area contributed by atoms with E-state index < -0.39 is 22.6 Å². The standard InChI is InChI=1S/C19H17F2NO6S/c1-3-10-22-29(24,25)15-7-5-14(6-8-15)18(23)27-12-13-4-9-16(28-19(20)21)17(11-13)26-2/h1,4-9,11,19,22H,10,12H2,2H3. The van der Waals surface area contributed by atoms with Crippen molar-refractivity contribution in [1.29, 1.82) is 0 Å². The van der Waals surface area contributed by atoms with Gasteiger partial charge in [0.15, 0.2) is 11.5 Å². The number of halogens is 2. The van der Waals surface area contributed by atoms with Crippen molar-refractivity contribution in [2.45, 2.75) is 18.1 Å². The molecular weight excluding hydrogens is 408 g/mol. The molecule has 0 aliphatic heterocycles. The Balaban J connectivity index is 2.03. The lowest BCUT2D eigenvalue weighted by atomic mass is 10.2. The van der Waals surface area contributed by atoms with Crippen molar-refractivity contribution in [3.05, 3.63) is 53.6 Å². The number of ether oxygens (including phenoxy) is 3. The zero-order valence-corrected chi connectivity index (χ0v) is 16.0. The summed E-state index contributed by atoms with van der Waals surface area (Å²) in [6, 6.07) is 9.21. The summed E-state index contributed by atoms with van der Waals surface area (Å²) in [5, 5.41) is 0. The number of carbonyl (C=O) groups excluding carboxylic acids is 1. The molecule has 0 aliphatic carbocycles. The number of alkyl halides is 2. The quantitative estimate of drug-likeness (QED) is 0.491. The Bertz CT molecular complexity index is 1000. The highest BCUT2D eigenvalue weighted by Gasteiger charge is 2.15. The van der Waals surface area contributed by atoms with Crippen molar-refractivity contribution in [2.75, 3.05) is 13.7 Å². The van der Waals surface area contributed by atoms with Gasteiger partial charge in [-0.3, -0.25) is 0 Å². The average molecular weight is 425 g/mol. The summed E-state index contributed by atoms with van der Waals surface area (Å²) in [4.78, 5) is 12.1.